The first-order valence-corrected chi connectivity index (χ1v) is 16.3. The van der Waals surface area contributed by atoms with Crippen LogP contribution in [0.25, 0.3) is 6.08 Å². The van der Waals surface area contributed by atoms with Crippen molar-refractivity contribution in [1.29, 1.82) is 0 Å². The summed E-state index contributed by atoms with van der Waals surface area (Å²) in [5.41, 5.74) is 2.73. The van der Waals surface area contributed by atoms with Gasteiger partial charge in [0, 0.05) is 10.6 Å². The van der Waals surface area contributed by atoms with Crippen molar-refractivity contribution >= 4 is 35.0 Å². The zero-order chi connectivity index (χ0) is 33.1. The van der Waals surface area contributed by atoms with E-state index in [0.29, 0.717) is 73.0 Å². The van der Waals surface area contributed by atoms with Gasteiger partial charge in [-0.1, -0.05) is 48.4 Å². The van der Waals surface area contributed by atoms with Crippen LogP contribution in [0.4, 0.5) is 0 Å². The van der Waals surface area contributed by atoms with Gasteiger partial charge in [-0.2, -0.15) is 0 Å². The van der Waals surface area contributed by atoms with Crippen LogP contribution in [-0.2, 0) is 16.1 Å². The number of methoxy groups -OCH3 is 2. The second kappa shape index (κ2) is 13.9. The van der Waals surface area contributed by atoms with E-state index in [1.807, 2.05) is 31.2 Å². The van der Waals surface area contributed by atoms with Crippen molar-refractivity contribution in [3.05, 3.63) is 107 Å². The summed E-state index contributed by atoms with van der Waals surface area (Å²) in [5, 5.41) is 0.438. The molecule has 47 heavy (non-hydrogen) atoms. The number of fused-ring (bicyclic) bond motifs is 2. The van der Waals surface area contributed by atoms with Gasteiger partial charge in [-0.15, -0.1) is 0 Å². The smallest absolute Gasteiger partial charge is 0.338 e. The van der Waals surface area contributed by atoms with Crippen LogP contribution in [0.5, 0.6) is 28.7 Å². The number of allylic oxidation sites excluding steroid dienone is 1. The molecule has 3 heterocycles. The van der Waals surface area contributed by atoms with E-state index >= 15 is 0 Å². The van der Waals surface area contributed by atoms with Crippen molar-refractivity contribution in [3.8, 4) is 28.7 Å². The van der Waals surface area contributed by atoms with E-state index in [-0.39, 0.29) is 19.0 Å². The Morgan fingerprint density at radius 1 is 1.02 bits per heavy atom. The van der Waals surface area contributed by atoms with Gasteiger partial charge in [0.2, 0.25) is 6.79 Å². The molecule has 0 radical (unpaired) electrons. The lowest BCUT2D eigenvalue weighted by atomic mass is 9.93. The van der Waals surface area contributed by atoms with Crippen LogP contribution >= 0.6 is 22.9 Å². The highest BCUT2D eigenvalue weighted by molar-refractivity contribution is 7.07. The average molecular weight is 677 g/mol. The molecule has 10 nitrogen and oxygen atoms in total. The second-order valence-corrected chi connectivity index (χ2v) is 12.1. The van der Waals surface area contributed by atoms with Crippen LogP contribution in [0, 0.1) is 0 Å². The first-order chi connectivity index (χ1) is 22.8. The quantitative estimate of drug-likeness (QED) is 0.190. The molecular weight excluding hydrogens is 644 g/mol. The van der Waals surface area contributed by atoms with Crippen molar-refractivity contribution in [2.75, 3.05) is 27.6 Å². The van der Waals surface area contributed by atoms with Crippen LogP contribution in [0.2, 0.25) is 5.02 Å². The summed E-state index contributed by atoms with van der Waals surface area (Å²) >= 11 is 7.68. The molecule has 0 N–H and O–H groups in total. The molecule has 0 saturated carbocycles. The number of ether oxygens (including phenoxy) is 6. The number of carbonyl (C=O) groups is 1. The van der Waals surface area contributed by atoms with E-state index in [0.717, 1.165) is 17.5 Å². The van der Waals surface area contributed by atoms with E-state index in [1.54, 1.807) is 50.4 Å². The molecule has 0 fully saturated rings. The number of aromatic nitrogens is 1. The molecule has 2 aliphatic rings. The molecule has 2 aliphatic heterocycles. The molecular formula is C35H33ClN2O8S. The third kappa shape index (κ3) is 6.45. The van der Waals surface area contributed by atoms with E-state index < -0.39 is 12.0 Å². The molecule has 0 unspecified atom stereocenters. The molecule has 0 amide bonds. The van der Waals surface area contributed by atoms with Gasteiger partial charge in [0.15, 0.2) is 27.8 Å². The number of esters is 1. The zero-order valence-electron chi connectivity index (χ0n) is 26.3. The first kappa shape index (κ1) is 32.2. The normalized spacial score (nSPS) is 15.3. The largest absolute Gasteiger partial charge is 0.496 e. The Morgan fingerprint density at radius 3 is 2.57 bits per heavy atom. The number of carbonyl (C=O) groups excluding carboxylic acids is 1. The SMILES string of the molecule is CCCC1=C(C(=O)OCC)[C@@H](c2cc(Cl)ccc2OC)n2c(s/c(=C/c3ccc(OCc4ccc5c(c4)OCO5)c(OC)c3)c2=O)=N1. The summed E-state index contributed by atoms with van der Waals surface area (Å²) in [6.45, 7) is 4.41. The Morgan fingerprint density at radius 2 is 1.81 bits per heavy atom. The number of benzene rings is 3. The highest BCUT2D eigenvalue weighted by atomic mass is 35.5. The van der Waals surface area contributed by atoms with Crippen LogP contribution in [0.15, 0.2) is 75.7 Å². The Kier molecular flexibility index (Phi) is 9.55. The Labute approximate surface area is 280 Å². The lowest BCUT2D eigenvalue weighted by molar-refractivity contribution is -0.139. The molecule has 0 spiro atoms. The molecule has 4 aromatic rings. The van der Waals surface area contributed by atoms with Gasteiger partial charge < -0.3 is 28.4 Å². The fourth-order valence-electron chi connectivity index (χ4n) is 5.57. The Hall–Kier alpha value is -4.74. The summed E-state index contributed by atoms with van der Waals surface area (Å²) < 4.78 is 35.7. The van der Waals surface area contributed by atoms with Crippen molar-refractivity contribution in [3.63, 3.8) is 0 Å². The van der Waals surface area contributed by atoms with Crippen LogP contribution in [0.3, 0.4) is 0 Å². The summed E-state index contributed by atoms with van der Waals surface area (Å²) in [5.74, 6) is 2.38. The summed E-state index contributed by atoms with van der Waals surface area (Å²) in [6, 6.07) is 15.4. The fourth-order valence-corrected chi connectivity index (χ4v) is 6.77. The highest BCUT2D eigenvalue weighted by Gasteiger charge is 2.36. The lowest BCUT2D eigenvalue weighted by Gasteiger charge is -2.27. The van der Waals surface area contributed by atoms with Gasteiger partial charge in [0.25, 0.3) is 5.56 Å². The predicted octanol–water partition coefficient (Wildman–Crippen LogP) is 5.56. The van der Waals surface area contributed by atoms with E-state index in [2.05, 4.69) is 0 Å². The molecule has 6 rings (SSSR count). The zero-order valence-corrected chi connectivity index (χ0v) is 27.9. The summed E-state index contributed by atoms with van der Waals surface area (Å²) in [7, 11) is 3.10. The molecule has 244 valence electrons. The topological polar surface area (TPSA) is 107 Å². The average Bonchev–Trinajstić information content (AvgIpc) is 3.67. The minimum atomic E-state index is -0.857. The third-order valence-corrected chi connectivity index (χ3v) is 8.91. The minimum Gasteiger partial charge on any atom is -0.496 e. The number of hydrogen-bond acceptors (Lipinski definition) is 10. The van der Waals surface area contributed by atoms with Gasteiger partial charge in [-0.3, -0.25) is 9.36 Å². The first-order valence-electron chi connectivity index (χ1n) is 15.1. The molecule has 3 aromatic carbocycles. The second-order valence-electron chi connectivity index (χ2n) is 10.7. The fraction of sp³-hybridized carbons (Fsp3) is 0.286. The highest BCUT2D eigenvalue weighted by Crippen LogP contribution is 2.38. The maximum Gasteiger partial charge on any atom is 0.338 e. The van der Waals surface area contributed by atoms with Crippen molar-refractivity contribution in [2.24, 2.45) is 4.99 Å². The minimum absolute atomic E-state index is 0.170. The maximum atomic E-state index is 14.2. The van der Waals surface area contributed by atoms with E-state index in [9.17, 15) is 9.59 Å². The van der Waals surface area contributed by atoms with E-state index in [4.69, 9.17) is 45.0 Å². The molecule has 1 atom stereocenters. The van der Waals surface area contributed by atoms with Crippen LogP contribution in [-0.4, -0.2) is 38.2 Å². The van der Waals surface area contributed by atoms with Crippen LogP contribution in [0.1, 0.15) is 49.4 Å². The standard InChI is InChI=1S/C35H33ClN2O8S/c1-5-7-24-31(34(40)43-6-2)32(23-17-22(36)10-13-25(23)41-3)38-33(39)30(47-35(38)37-24)16-20-8-11-26(28(14-20)42-4)44-18-21-9-12-27-29(15-21)46-19-45-27/h8-17,32H,5-7,18-19H2,1-4H3/b30-16+/t32-/m1/s1. The summed E-state index contributed by atoms with van der Waals surface area (Å²) in [6.07, 6.45) is 3.02. The number of rotatable bonds is 11. The van der Waals surface area contributed by atoms with Gasteiger partial charge in [-0.05, 0) is 73.0 Å². The maximum absolute atomic E-state index is 14.2. The number of hydrogen-bond donors (Lipinski definition) is 0. The van der Waals surface area contributed by atoms with Crippen molar-refractivity contribution in [1.82, 2.24) is 4.57 Å². The molecule has 0 bridgehead atoms. The Balaban J connectivity index is 1.41. The number of nitrogens with zero attached hydrogens (tertiary/aromatic N) is 2. The third-order valence-electron chi connectivity index (χ3n) is 7.70. The van der Waals surface area contributed by atoms with Crippen molar-refractivity contribution < 1.29 is 33.2 Å². The number of thiazole rings is 1. The molecule has 12 heteroatoms. The van der Waals surface area contributed by atoms with Gasteiger partial charge in [0.1, 0.15) is 18.4 Å². The van der Waals surface area contributed by atoms with Gasteiger partial charge >= 0.3 is 5.97 Å². The number of halogens is 1. The lowest BCUT2D eigenvalue weighted by Crippen LogP contribution is -2.40. The Bertz CT molecular complexity index is 2050. The summed E-state index contributed by atoms with van der Waals surface area (Å²) in [4.78, 5) is 33.0. The van der Waals surface area contributed by atoms with Gasteiger partial charge in [0.05, 0.1) is 36.6 Å². The predicted molar refractivity (Wildman–Crippen MR) is 178 cm³/mol. The molecule has 0 saturated heterocycles. The van der Waals surface area contributed by atoms with Gasteiger partial charge in [-0.25, -0.2) is 9.79 Å². The van der Waals surface area contributed by atoms with Crippen molar-refractivity contribution in [2.45, 2.75) is 39.3 Å². The molecule has 0 aliphatic carbocycles. The van der Waals surface area contributed by atoms with E-state index in [1.165, 1.54) is 23.0 Å². The molecule has 1 aromatic heterocycles. The van der Waals surface area contributed by atoms with Crippen LogP contribution < -0.4 is 38.6 Å². The monoisotopic (exact) mass is 676 g/mol.